The van der Waals surface area contributed by atoms with Crippen molar-refractivity contribution in [3.05, 3.63) is 0 Å². The molecule has 0 aliphatic heterocycles. The first-order valence-electron chi connectivity index (χ1n) is 14.4. The molecule has 3 N–H and O–H groups in total. The Hall–Kier alpha value is -1.14. The molecule has 0 aromatic heterocycles. The van der Waals surface area contributed by atoms with Crippen LogP contribution in [0, 0.1) is 11.8 Å². The fourth-order valence-electron chi connectivity index (χ4n) is 7.71. The lowest BCUT2D eigenvalue weighted by atomic mass is 9.60. The van der Waals surface area contributed by atoms with Crippen LogP contribution in [0.3, 0.4) is 0 Å². The molecule has 0 saturated heterocycles. The van der Waals surface area contributed by atoms with Crippen molar-refractivity contribution in [3.63, 3.8) is 0 Å². The Morgan fingerprint density at radius 2 is 0.882 bits per heavy atom. The van der Waals surface area contributed by atoms with Crippen LogP contribution in [0.25, 0.3) is 0 Å². The standard InChI is InChI=1S/C28H47NO5/c29-25(30)27(21-13-5-1-6-14-21,33-23-17-9-3-10-18-23)28(26(31)32,22-15-7-2-8-16-22)34-24-19-11-4-12-20-24/h21-24H,1-20H2,(H2,29,30)(H,31,32). The Balaban J connectivity index is 1.85. The van der Waals surface area contributed by atoms with Crippen molar-refractivity contribution in [2.24, 2.45) is 17.6 Å². The highest BCUT2D eigenvalue weighted by Gasteiger charge is 2.70. The summed E-state index contributed by atoms with van der Waals surface area (Å²) in [5, 5.41) is 11.1. The molecule has 0 radical (unpaired) electrons. The van der Waals surface area contributed by atoms with Crippen LogP contribution in [0.15, 0.2) is 0 Å². The summed E-state index contributed by atoms with van der Waals surface area (Å²) in [6.45, 7) is 0. The molecule has 6 nitrogen and oxygen atoms in total. The zero-order valence-electron chi connectivity index (χ0n) is 21.1. The minimum atomic E-state index is -1.71. The predicted octanol–water partition coefficient (Wildman–Crippen LogP) is 5.89. The topological polar surface area (TPSA) is 98.9 Å². The van der Waals surface area contributed by atoms with Crippen LogP contribution >= 0.6 is 0 Å². The summed E-state index contributed by atoms with van der Waals surface area (Å²) in [6.07, 6.45) is 18.9. The molecule has 0 heterocycles. The van der Waals surface area contributed by atoms with E-state index in [9.17, 15) is 14.7 Å². The number of carbonyl (C=O) groups is 2. The van der Waals surface area contributed by atoms with Gasteiger partial charge in [-0.3, -0.25) is 4.79 Å². The van der Waals surface area contributed by atoms with Gasteiger partial charge in [0.2, 0.25) is 5.60 Å². The second-order valence-electron chi connectivity index (χ2n) is 11.6. The van der Waals surface area contributed by atoms with E-state index in [4.69, 9.17) is 15.2 Å². The molecule has 194 valence electrons. The Morgan fingerprint density at radius 3 is 1.24 bits per heavy atom. The number of hydrogen-bond acceptors (Lipinski definition) is 4. The van der Waals surface area contributed by atoms with E-state index in [2.05, 4.69) is 0 Å². The normalized spacial score (nSPS) is 28.1. The van der Waals surface area contributed by atoms with Gasteiger partial charge in [0.05, 0.1) is 12.2 Å². The summed E-state index contributed by atoms with van der Waals surface area (Å²) in [5.74, 6) is -2.08. The summed E-state index contributed by atoms with van der Waals surface area (Å²) in [5.41, 5.74) is 3.03. The molecule has 4 saturated carbocycles. The number of carboxylic acid groups (broad SMARTS) is 1. The Morgan fingerprint density at radius 1 is 0.559 bits per heavy atom. The van der Waals surface area contributed by atoms with Gasteiger partial charge in [-0.05, 0) is 51.4 Å². The number of rotatable bonds is 9. The van der Waals surface area contributed by atoms with Crippen LogP contribution < -0.4 is 5.73 Å². The van der Waals surface area contributed by atoms with Crippen molar-refractivity contribution in [1.29, 1.82) is 0 Å². The number of primary amides is 1. The van der Waals surface area contributed by atoms with Crippen LogP contribution in [-0.2, 0) is 19.1 Å². The molecule has 4 rings (SSSR count). The number of hydrogen-bond donors (Lipinski definition) is 2. The van der Waals surface area contributed by atoms with Gasteiger partial charge < -0.3 is 20.3 Å². The van der Waals surface area contributed by atoms with E-state index in [1.807, 2.05) is 0 Å². The van der Waals surface area contributed by atoms with E-state index in [1.165, 1.54) is 0 Å². The summed E-state index contributed by atoms with van der Waals surface area (Å²) in [4.78, 5) is 27.4. The minimum absolute atomic E-state index is 0.125. The first-order valence-corrected chi connectivity index (χ1v) is 14.4. The smallest absolute Gasteiger partial charge is 0.339 e. The number of ether oxygens (including phenoxy) is 2. The fraction of sp³-hybridized carbons (Fsp3) is 0.929. The second kappa shape index (κ2) is 11.7. The molecule has 1 amide bonds. The molecule has 34 heavy (non-hydrogen) atoms. The molecule has 4 aliphatic carbocycles. The molecule has 2 unspecified atom stereocenters. The fourth-order valence-corrected chi connectivity index (χ4v) is 7.71. The van der Waals surface area contributed by atoms with Gasteiger partial charge in [0.25, 0.3) is 5.91 Å². The van der Waals surface area contributed by atoms with Gasteiger partial charge >= 0.3 is 5.97 Å². The monoisotopic (exact) mass is 477 g/mol. The van der Waals surface area contributed by atoms with E-state index >= 15 is 0 Å². The van der Waals surface area contributed by atoms with Crippen LogP contribution in [0.5, 0.6) is 0 Å². The number of amides is 1. The molecular weight excluding hydrogens is 430 g/mol. The predicted molar refractivity (Wildman–Crippen MR) is 131 cm³/mol. The van der Waals surface area contributed by atoms with Gasteiger partial charge in [-0.1, -0.05) is 77.0 Å². The maximum Gasteiger partial charge on any atom is 0.339 e. The van der Waals surface area contributed by atoms with Gasteiger partial charge in [-0.25, -0.2) is 4.79 Å². The van der Waals surface area contributed by atoms with Crippen molar-refractivity contribution in [3.8, 4) is 0 Å². The summed E-state index contributed by atoms with van der Waals surface area (Å²) in [6, 6.07) is 0. The van der Waals surface area contributed by atoms with Crippen LogP contribution in [-0.4, -0.2) is 40.4 Å². The zero-order chi connectivity index (χ0) is 24.0. The van der Waals surface area contributed by atoms with Gasteiger partial charge in [0.1, 0.15) is 0 Å². The lowest BCUT2D eigenvalue weighted by Crippen LogP contribution is -2.75. The van der Waals surface area contributed by atoms with Gasteiger partial charge in [-0.15, -0.1) is 0 Å². The molecule has 0 aromatic rings. The van der Waals surface area contributed by atoms with Crippen molar-refractivity contribution < 1.29 is 24.2 Å². The number of nitrogens with two attached hydrogens (primary N) is 1. The first-order chi connectivity index (χ1) is 16.5. The summed E-state index contributed by atoms with van der Waals surface area (Å²) in [7, 11) is 0. The molecule has 4 fully saturated rings. The SMILES string of the molecule is NC(=O)C(OC1CCCCC1)(C1CCCCC1)C(OC1CCCCC1)(C(=O)O)C1CCCCC1. The number of aliphatic carboxylic acids is 1. The van der Waals surface area contributed by atoms with Gasteiger partial charge in [-0.2, -0.15) is 0 Å². The van der Waals surface area contributed by atoms with Crippen LogP contribution in [0.4, 0.5) is 0 Å². The Bertz CT molecular complexity index is 616. The number of carboxylic acids is 1. The highest BCUT2D eigenvalue weighted by atomic mass is 16.6. The van der Waals surface area contributed by atoms with Gasteiger partial charge in [0.15, 0.2) is 5.60 Å². The van der Waals surface area contributed by atoms with Crippen LogP contribution in [0.2, 0.25) is 0 Å². The lowest BCUT2D eigenvalue weighted by molar-refractivity contribution is -0.279. The van der Waals surface area contributed by atoms with Crippen molar-refractivity contribution in [2.45, 2.75) is 152 Å². The van der Waals surface area contributed by atoms with Crippen molar-refractivity contribution >= 4 is 11.9 Å². The molecule has 0 bridgehead atoms. The first kappa shape index (κ1) is 25.9. The largest absolute Gasteiger partial charge is 0.479 e. The molecule has 0 aromatic carbocycles. The van der Waals surface area contributed by atoms with E-state index < -0.39 is 23.1 Å². The molecular formula is C28H47NO5. The quantitative estimate of drug-likeness (QED) is 0.431. The number of carbonyl (C=O) groups excluding carboxylic acids is 1. The Kier molecular flexibility index (Phi) is 8.95. The van der Waals surface area contributed by atoms with E-state index in [0.717, 1.165) is 128 Å². The average Bonchev–Trinajstić information content (AvgIpc) is 2.88. The summed E-state index contributed by atoms with van der Waals surface area (Å²) < 4.78 is 13.8. The highest BCUT2D eigenvalue weighted by molar-refractivity contribution is 5.95. The molecule has 4 aliphatic rings. The Labute approximate surface area is 205 Å². The third-order valence-electron chi connectivity index (χ3n) is 9.41. The van der Waals surface area contributed by atoms with E-state index in [-0.39, 0.29) is 24.0 Å². The summed E-state index contributed by atoms with van der Waals surface area (Å²) >= 11 is 0. The minimum Gasteiger partial charge on any atom is -0.479 e. The van der Waals surface area contributed by atoms with E-state index in [1.54, 1.807) is 0 Å². The van der Waals surface area contributed by atoms with Crippen molar-refractivity contribution in [1.82, 2.24) is 0 Å². The zero-order valence-corrected chi connectivity index (χ0v) is 21.1. The third-order valence-corrected chi connectivity index (χ3v) is 9.41. The lowest BCUT2D eigenvalue weighted by Gasteiger charge is -2.56. The molecule has 0 spiro atoms. The third kappa shape index (κ3) is 5.04. The highest BCUT2D eigenvalue weighted by Crippen LogP contribution is 2.53. The van der Waals surface area contributed by atoms with Crippen molar-refractivity contribution in [2.75, 3.05) is 0 Å². The maximum atomic E-state index is 13.8. The molecule has 6 heteroatoms. The van der Waals surface area contributed by atoms with Crippen LogP contribution in [0.1, 0.15) is 128 Å². The average molecular weight is 478 g/mol. The van der Waals surface area contributed by atoms with Gasteiger partial charge in [0, 0.05) is 11.8 Å². The maximum absolute atomic E-state index is 13.8. The second-order valence-corrected chi connectivity index (χ2v) is 11.6. The van der Waals surface area contributed by atoms with E-state index in [0.29, 0.717) is 0 Å². The molecule has 2 atom stereocenters.